The van der Waals surface area contributed by atoms with Gasteiger partial charge in [0.05, 0.1) is 7.11 Å². The molecule has 1 rings (SSSR count). The highest BCUT2D eigenvalue weighted by atomic mass is 16.5. The number of rotatable bonds is 5. The van der Waals surface area contributed by atoms with Gasteiger partial charge in [-0.1, -0.05) is 19.4 Å². The molecule has 2 nitrogen and oxygen atoms in total. The molecule has 0 aromatic heterocycles. The zero-order valence-electron chi connectivity index (χ0n) is 9.19. The molecule has 0 heterocycles. The van der Waals surface area contributed by atoms with E-state index in [2.05, 4.69) is 6.92 Å². The van der Waals surface area contributed by atoms with Gasteiger partial charge in [0.1, 0.15) is 5.75 Å². The van der Waals surface area contributed by atoms with Gasteiger partial charge in [-0.05, 0) is 36.8 Å². The summed E-state index contributed by atoms with van der Waals surface area (Å²) in [6, 6.07) is 7.14. The maximum absolute atomic E-state index is 11.6. The molecule has 0 unspecified atom stereocenters. The van der Waals surface area contributed by atoms with Crippen LogP contribution in [-0.2, 0) is 0 Å². The average Bonchev–Trinajstić information content (AvgIpc) is 2.29. The molecule has 2 heteroatoms. The molecule has 0 saturated heterocycles. The van der Waals surface area contributed by atoms with Crippen molar-refractivity contribution in [3.05, 3.63) is 42.0 Å². The lowest BCUT2D eigenvalue weighted by molar-refractivity contribution is 0.104. The Labute approximate surface area is 90.6 Å². The number of carbonyl (C=O) groups is 1. The topological polar surface area (TPSA) is 26.3 Å². The Morgan fingerprint density at radius 3 is 2.53 bits per heavy atom. The lowest BCUT2D eigenvalue weighted by atomic mass is 10.1. The van der Waals surface area contributed by atoms with Crippen molar-refractivity contribution in [2.75, 3.05) is 7.11 Å². The van der Waals surface area contributed by atoms with Gasteiger partial charge >= 0.3 is 0 Å². The fourth-order valence-electron chi connectivity index (χ4n) is 1.21. The Hall–Kier alpha value is -1.57. The first-order chi connectivity index (χ1) is 7.27. The molecule has 0 aliphatic heterocycles. The number of unbranched alkanes of at least 4 members (excludes halogenated alkanes) is 1. The van der Waals surface area contributed by atoms with Crippen molar-refractivity contribution in [3.63, 3.8) is 0 Å². The van der Waals surface area contributed by atoms with Gasteiger partial charge in [-0.15, -0.1) is 0 Å². The number of ketones is 1. The number of ether oxygens (including phenoxy) is 1. The van der Waals surface area contributed by atoms with Crippen molar-refractivity contribution in [1.29, 1.82) is 0 Å². The third-order valence-electron chi connectivity index (χ3n) is 2.10. The third-order valence-corrected chi connectivity index (χ3v) is 2.10. The summed E-state index contributed by atoms with van der Waals surface area (Å²) in [5, 5.41) is 0. The molecule has 1 aromatic rings. The van der Waals surface area contributed by atoms with E-state index in [4.69, 9.17) is 4.74 Å². The fourth-order valence-corrected chi connectivity index (χ4v) is 1.21. The molecule has 0 aliphatic rings. The average molecular weight is 204 g/mol. The largest absolute Gasteiger partial charge is 0.497 e. The van der Waals surface area contributed by atoms with E-state index >= 15 is 0 Å². The first-order valence-corrected chi connectivity index (χ1v) is 5.13. The number of hydrogen-bond acceptors (Lipinski definition) is 2. The second-order valence-electron chi connectivity index (χ2n) is 3.28. The highest BCUT2D eigenvalue weighted by molar-refractivity contribution is 6.04. The molecule has 0 amide bonds. The summed E-state index contributed by atoms with van der Waals surface area (Å²) in [5.41, 5.74) is 0.697. The van der Waals surface area contributed by atoms with Crippen molar-refractivity contribution in [2.45, 2.75) is 19.8 Å². The van der Waals surface area contributed by atoms with Crippen LogP contribution in [-0.4, -0.2) is 12.9 Å². The van der Waals surface area contributed by atoms with E-state index < -0.39 is 0 Å². The van der Waals surface area contributed by atoms with Gasteiger partial charge in [-0.25, -0.2) is 0 Å². The molecule has 0 aliphatic carbocycles. The SMILES string of the molecule is CCC/C=C/C(=O)c1ccc(OC)cc1. The summed E-state index contributed by atoms with van der Waals surface area (Å²) in [7, 11) is 1.61. The summed E-state index contributed by atoms with van der Waals surface area (Å²) >= 11 is 0. The zero-order chi connectivity index (χ0) is 11.1. The van der Waals surface area contributed by atoms with Crippen LogP contribution < -0.4 is 4.74 Å². The third kappa shape index (κ3) is 3.58. The summed E-state index contributed by atoms with van der Waals surface area (Å²) in [5.74, 6) is 0.815. The Morgan fingerprint density at radius 1 is 1.33 bits per heavy atom. The first kappa shape index (κ1) is 11.5. The lowest BCUT2D eigenvalue weighted by Crippen LogP contribution is -1.94. The van der Waals surface area contributed by atoms with Gasteiger partial charge in [-0.2, -0.15) is 0 Å². The Morgan fingerprint density at radius 2 is 2.00 bits per heavy atom. The van der Waals surface area contributed by atoms with Crippen LogP contribution in [0.25, 0.3) is 0 Å². The smallest absolute Gasteiger partial charge is 0.185 e. The van der Waals surface area contributed by atoms with E-state index in [-0.39, 0.29) is 5.78 Å². The van der Waals surface area contributed by atoms with E-state index in [9.17, 15) is 4.79 Å². The highest BCUT2D eigenvalue weighted by Crippen LogP contribution is 2.12. The van der Waals surface area contributed by atoms with Crippen molar-refractivity contribution in [2.24, 2.45) is 0 Å². The van der Waals surface area contributed by atoms with Crippen molar-refractivity contribution < 1.29 is 9.53 Å². The number of allylic oxidation sites excluding steroid dienone is 2. The maximum atomic E-state index is 11.6. The Kier molecular flexibility index (Phi) is 4.61. The van der Waals surface area contributed by atoms with E-state index in [0.717, 1.165) is 18.6 Å². The van der Waals surface area contributed by atoms with Gasteiger partial charge in [-0.3, -0.25) is 4.79 Å². The predicted octanol–water partition coefficient (Wildman–Crippen LogP) is 3.23. The molecule has 0 radical (unpaired) electrons. The standard InChI is InChI=1S/C13H16O2/c1-3-4-5-6-13(14)11-7-9-12(15-2)10-8-11/h5-10H,3-4H2,1-2H3/b6-5+. The van der Waals surface area contributed by atoms with Crippen LogP contribution in [0.4, 0.5) is 0 Å². The second kappa shape index (κ2) is 6.02. The minimum absolute atomic E-state index is 0.0473. The van der Waals surface area contributed by atoms with Gasteiger partial charge in [0.15, 0.2) is 5.78 Å². The second-order valence-corrected chi connectivity index (χ2v) is 3.28. The Balaban J connectivity index is 2.66. The molecular weight excluding hydrogens is 188 g/mol. The van der Waals surface area contributed by atoms with Crippen LogP contribution in [0.1, 0.15) is 30.1 Å². The summed E-state index contributed by atoms with van der Waals surface area (Å²) in [4.78, 5) is 11.6. The van der Waals surface area contributed by atoms with Gasteiger partial charge < -0.3 is 4.74 Å². The van der Waals surface area contributed by atoms with E-state index in [0.29, 0.717) is 5.56 Å². The van der Waals surface area contributed by atoms with E-state index in [1.165, 1.54) is 0 Å². The minimum atomic E-state index is 0.0473. The normalized spacial score (nSPS) is 10.5. The van der Waals surface area contributed by atoms with Gasteiger partial charge in [0, 0.05) is 5.56 Å². The molecule has 0 spiro atoms. The van der Waals surface area contributed by atoms with Crippen molar-refractivity contribution >= 4 is 5.78 Å². The summed E-state index contributed by atoms with van der Waals surface area (Å²) in [6.45, 7) is 2.09. The quantitative estimate of drug-likeness (QED) is 0.543. The molecular formula is C13H16O2. The number of methoxy groups -OCH3 is 1. The van der Waals surface area contributed by atoms with Gasteiger partial charge in [0.2, 0.25) is 0 Å². The van der Waals surface area contributed by atoms with E-state index in [1.54, 1.807) is 37.5 Å². The van der Waals surface area contributed by atoms with Crippen LogP contribution in [0, 0.1) is 0 Å². The van der Waals surface area contributed by atoms with Crippen LogP contribution in [0.3, 0.4) is 0 Å². The monoisotopic (exact) mass is 204 g/mol. The van der Waals surface area contributed by atoms with Crippen LogP contribution in [0.5, 0.6) is 5.75 Å². The van der Waals surface area contributed by atoms with Crippen LogP contribution in [0.15, 0.2) is 36.4 Å². The molecule has 80 valence electrons. The predicted molar refractivity (Wildman–Crippen MR) is 61.4 cm³/mol. The molecule has 0 N–H and O–H groups in total. The van der Waals surface area contributed by atoms with Crippen molar-refractivity contribution in [1.82, 2.24) is 0 Å². The highest BCUT2D eigenvalue weighted by Gasteiger charge is 2.00. The molecule has 0 fully saturated rings. The van der Waals surface area contributed by atoms with Crippen LogP contribution >= 0.6 is 0 Å². The minimum Gasteiger partial charge on any atom is -0.497 e. The van der Waals surface area contributed by atoms with E-state index in [1.807, 2.05) is 6.08 Å². The molecule has 0 bridgehead atoms. The molecule has 15 heavy (non-hydrogen) atoms. The summed E-state index contributed by atoms with van der Waals surface area (Å²) in [6.07, 6.45) is 5.55. The Bertz CT molecular complexity index is 336. The molecule has 0 atom stereocenters. The fraction of sp³-hybridized carbons (Fsp3) is 0.308. The first-order valence-electron chi connectivity index (χ1n) is 5.13. The number of carbonyl (C=O) groups excluding carboxylic acids is 1. The van der Waals surface area contributed by atoms with Gasteiger partial charge in [0.25, 0.3) is 0 Å². The lowest BCUT2D eigenvalue weighted by Gasteiger charge is -1.99. The van der Waals surface area contributed by atoms with Crippen LogP contribution in [0.2, 0.25) is 0 Å². The summed E-state index contributed by atoms with van der Waals surface area (Å²) < 4.78 is 5.02. The molecule has 1 aromatic carbocycles. The zero-order valence-corrected chi connectivity index (χ0v) is 9.19. The number of benzene rings is 1. The number of hydrogen-bond donors (Lipinski definition) is 0. The molecule has 0 saturated carbocycles. The maximum Gasteiger partial charge on any atom is 0.185 e. The van der Waals surface area contributed by atoms with Crippen molar-refractivity contribution in [3.8, 4) is 5.75 Å².